The first-order valence-electron chi connectivity index (χ1n) is 4.55. The summed E-state index contributed by atoms with van der Waals surface area (Å²) >= 11 is 0. The number of rotatable bonds is 9. The molecule has 0 heterocycles. The SMILES string of the molecule is COCCOCCN(C)CCOC. The Bertz CT molecular complexity index is 101. The van der Waals surface area contributed by atoms with Gasteiger partial charge >= 0.3 is 0 Å². The molecule has 0 fully saturated rings. The summed E-state index contributed by atoms with van der Waals surface area (Å²) in [4.78, 5) is 2.18. The quantitative estimate of drug-likeness (QED) is 0.488. The summed E-state index contributed by atoms with van der Waals surface area (Å²) in [6.07, 6.45) is 0. The highest BCUT2D eigenvalue weighted by Crippen LogP contribution is 1.84. The highest BCUT2D eigenvalue weighted by molar-refractivity contribution is 4.48. The zero-order chi connectivity index (χ0) is 9.94. The molecular weight excluding hydrogens is 170 g/mol. The Balaban J connectivity index is 3.03. The molecule has 0 aliphatic heterocycles. The van der Waals surface area contributed by atoms with Gasteiger partial charge in [0.25, 0.3) is 0 Å². The molecule has 0 aliphatic rings. The van der Waals surface area contributed by atoms with Crippen LogP contribution in [0.4, 0.5) is 0 Å². The second-order valence-electron chi connectivity index (χ2n) is 2.90. The monoisotopic (exact) mass is 191 g/mol. The minimum Gasteiger partial charge on any atom is -0.383 e. The highest BCUT2D eigenvalue weighted by atomic mass is 16.5. The van der Waals surface area contributed by atoms with E-state index in [9.17, 15) is 0 Å². The molecule has 0 amide bonds. The number of nitrogens with zero attached hydrogens (tertiary/aromatic N) is 1. The molecule has 0 aromatic carbocycles. The maximum absolute atomic E-state index is 5.32. The Hall–Kier alpha value is -0.160. The third-order valence-electron chi connectivity index (χ3n) is 1.73. The van der Waals surface area contributed by atoms with E-state index >= 15 is 0 Å². The molecular formula is C9H21NO3. The van der Waals surface area contributed by atoms with Crippen molar-refractivity contribution in [1.82, 2.24) is 4.90 Å². The van der Waals surface area contributed by atoms with Crippen LogP contribution in [-0.2, 0) is 14.2 Å². The van der Waals surface area contributed by atoms with E-state index < -0.39 is 0 Å². The molecule has 0 N–H and O–H groups in total. The lowest BCUT2D eigenvalue weighted by Gasteiger charge is -2.15. The maximum Gasteiger partial charge on any atom is 0.0700 e. The van der Waals surface area contributed by atoms with Crippen molar-refractivity contribution in [3.05, 3.63) is 0 Å². The summed E-state index contributed by atoms with van der Waals surface area (Å²) < 4.78 is 15.1. The third kappa shape index (κ3) is 9.76. The normalized spacial score (nSPS) is 11.1. The second kappa shape index (κ2) is 9.92. The van der Waals surface area contributed by atoms with E-state index in [0.717, 1.165) is 26.3 Å². The first kappa shape index (κ1) is 12.8. The van der Waals surface area contributed by atoms with Crippen LogP contribution in [0.3, 0.4) is 0 Å². The van der Waals surface area contributed by atoms with Crippen molar-refractivity contribution in [2.75, 3.05) is 60.8 Å². The topological polar surface area (TPSA) is 30.9 Å². The van der Waals surface area contributed by atoms with Gasteiger partial charge < -0.3 is 19.1 Å². The number of hydrogen-bond donors (Lipinski definition) is 0. The minimum atomic E-state index is 0.668. The van der Waals surface area contributed by atoms with E-state index in [1.807, 2.05) is 0 Å². The van der Waals surface area contributed by atoms with Crippen molar-refractivity contribution in [3.8, 4) is 0 Å². The van der Waals surface area contributed by atoms with Gasteiger partial charge in [-0.15, -0.1) is 0 Å². The Labute approximate surface area is 80.8 Å². The number of ether oxygens (including phenoxy) is 3. The average molecular weight is 191 g/mol. The van der Waals surface area contributed by atoms with E-state index in [-0.39, 0.29) is 0 Å². The van der Waals surface area contributed by atoms with Crippen molar-refractivity contribution in [2.45, 2.75) is 0 Å². The summed E-state index contributed by atoms with van der Waals surface area (Å²) in [6.45, 7) is 4.76. The largest absolute Gasteiger partial charge is 0.383 e. The van der Waals surface area contributed by atoms with Crippen LogP contribution in [0.1, 0.15) is 0 Å². The van der Waals surface area contributed by atoms with Gasteiger partial charge in [0.05, 0.1) is 26.4 Å². The van der Waals surface area contributed by atoms with Crippen LogP contribution in [0.5, 0.6) is 0 Å². The molecule has 0 radical (unpaired) electrons. The first-order chi connectivity index (χ1) is 6.31. The third-order valence-corrected chi connectivity index (χ3v) is 1.73. The van der Waals surface area contributed by atoms with Gasteiger partial charge in [0.2, 0.25) is 0 Å². The predicted octanol–water partition coefficient (Wildman–Crippen LogP) is 0.228. The molecule has 0 atom stereocenters. The van der Waals surface area contributed by atoms with Crippen molar-refractivity contribution >= 4 is 0 Å². The van der Waals surface area contributed by atoms with Crippen LogP contribution in [0.25, 0.3) is 0 Å². The second-order valence-corrected chi connectivity index (χ2v) is 2.90. The predicted molar refractivity (Wildman–Crippen MR) is 52.1 cm³/mol. The van der Waals surface area contributed by atoms with Gasteiger partial charge in [0.15, 0.2) is 0 Å². The Morgan fingerprint density at radius 3 is 2.08 bits per heavy atom. The zero-order valence-electron chi connectivity index (χ0n) is 8.91. The van der Waals surface area contributed by atoms with Crippen LogP contribution >= 0.6 is 0 Å². The van der Waals surface area contributed by atoms with E-state index in [2.05, 4.69) is 11.9 Å². The molecule has 0 saturated heterocycles. The smallest absolute Gasteiger partial charge is 0.0700 e. The number of methoxy groups -OCH3 is 2. The van der Waals surface area contributed by atoms with Gasteiger partial charge in [-0.2, -0.15) is 0 Å². The number of hydrogen-bond acceptors (Lipinski definition) is 4. The van der Waals surface area contributed by atoms with Gasteiger partial charge in [-0.05, 0) is 7.05 Å². The van der Waals surface area contributed by atoms with Gasteiger partial charge in [-0.3, -0.25) is 0 Å². The van der Waals surface area contributed by atoms with Crippen molar-refractivity contribution in [2.24, 2.45) is 0 Å². The van der Waals surface area contributed by atoms with Gasteiger partial charge in [-0.1, -0.05) is 0 Å². The molecule has 0 rings (SSSR count). The summed E-state index contributed by atoms with van der Waals surface area (Å²) in [5, 5.41) is 0. The van der Waals surface area contributed by atoms with Crippen LogP contribution in [0.15, 0.2) is 0 Å². The van der Waals surface area contributed by atoms with Crippen LogP contribution < -0.4 is 0 Å². The Morgan fingerprint density at radius 2 is 1.46 bits per heavy atom. The van der Waals surface area contributed by atoms with Gasteiger partial charge in [-0.25, -0.2) is 0 Å². The lowest BCUT2D eigenvalue weighted by atomic mass is 10.5. The summed E-state index contributed by atoms with van der Waals surface area (Å²) in [7, 11) is 5.44. The minimum absolute atomic E-state index is 0.668. The highest BCUT2D eigenvalue weighted by Gasteiger charge is 1.96. The fourth-order valence-corrected chi connectivity index (χ4v) is 0.824. The van der Waals surface area contributed by atoms with Gasteiger partial charge in [0.1, 0.15) is 0 Å². The molecule has 4 nitrogen and oxygen atoms in total. The maximum atomic E-state index is 5.32. The molecule has 0 saturated carbocycles. The van der Waals surface area contributed by atoms with Crippen molar-refractivity contribution < 1.29 is 14.2 Å². The van der Waals surface area contributed by atoms with Gasteiger partial charge in [0, 0.05) is 27.3 Å². The fourth-order valence-electron chi connectivity index (χ4n) is 0.824. The van der Waals surface area contributed by atoms with Crippen molar-refractivity contribution in [1.29, 1.82) is 0 Å². The molecule has 0 spiro atoms. The summed E-state index contributed by atoms with van der Waals surface area (Å²) in [5.41, 5.74) is 0. The zero-order valence-corrected chi connectivity index (χ0v) is 8.91. The fraction of sp³-hybridized carbons (Fsp3) is 1.00. The van der Waals surface area contributed by atoms with E-state index in [4.69, 9.17) is 14.2 Å². The lowest BCUT2D eigenvalue weighted by molar-refractivity contribution is 0.0569. The first-order valence-corrected chi connectivity index (χ1v) is 4.55. The van der Waals surface area contributed by atoms with Crippen molar-refractivity contribution in [3.63, 3.8) is 0 Å². The van der Waals surface area contributed by atoms with Crippen LogP contribution in [0.2, 0.25) is 0 Å². The molecule has 0 unspecified atom stereocenters. The van der Waals surface area contributed by atoms with E-state index in [1.54, 1.807) is 14.2 Å². The number of likely N-dealkylation sites (N-methyl/N-ethyl adjacent to an activating group) is 1. The summed E-state index contributed by atoms with van der Waals surface area (Å²) in [5.74, 6) is 0. The Kier molecular flexibility index (Phi) is 9.80. The van der Waals surface area contributed by atoms with E-state index in [0.29, 0.717) is 13.2 Å². The standard InChI is InChI=1S/C9H21NO3/c1-10(4-6-11-2)5-7-13-9-8-12-3/h4-9H2,1-3H3. The van der Waals surface area contributed by atoms with Crippen LogP contribution in [-0.4, -0.2) is 65.7 Å². The average Bonchev–Trinajstić information content (AvgIpc) is 2.14. The molecule has 0 aromatic rings. The molecule has 0 bridgehead atoms. The molecule has 0 aromatic heterocycles. The van der Waals surface area contributed by atoms with E-state index in [1.165, 1.54) is 0 Å². The van der Waals surface area contributed by atoms with Crippen LogP contribution in [0, 0.1) is 0 Å². The summed E-state index contributed by atoms with van der Waals surface area (Å²) in [6, 6.07) is 0. The Morgan fingerprint density at radius 1 is 0.846 bits per heavy atom. The molecule has 0 aliphatic carbocycles. The lowest BCUT2D eigenvalue weighted by Crippen LogP contribution is -2.27. The molecule has 13 heavy (non-hydrogen) atoms. The molecule has 80 valence electrons. The molecule has 4 heteroatoms.